The molecule has 0 atom stereocenters. The zero-order chi connectivity index (χ0) is 11.6. The normalized spacial score (nSPS) is 11.4. The zero-order valence-electron chi connectivity index (χ0n) is 7.53. The molecule has 0 aliphatic rings. The van der Waals surface area contributed by atoms with Crippen LogP contribution in [0.5, 0.6) is 0 Å². The van der Waals surface area contributed by atoms with Crippen molar-refractivity contribution < 1.29 is 13.2 Å². The second-order valence-corrected chi connectivity index (χ2v) is 6.40. The van der Waals surface area contributed by atoms with E-state index in [9.17, 15) is 13.2 Å². The van der Waals surface area contributed by atoms with Crippen LogP contribution in [0.1, 0.15) is 10.4 Å². The van der Waals surface area contributed by atoms with E-state index in [0.717, 1.165) is 6.07 Å². The number of halogens is 2. The highest BCUT2D eigenvalue weighted by Gasteiger charge is 2.14. The first kappa shape index (κ1) is 12.8. The van der Waals surface area contributed by atoms with Gasteiger partial charge in [0.15, 0.2) is 0 Å². The molecule has 3 nitrogen and oxygen atoms in total. The monoisotopic (exact) mass is 284 g/mol. The highest BCUT2D eigenvalue weighted by Crippen LogP contribution is 2.24. The van der Waals surface area contributed by atoms with Crippen molar-refractivity contribution in [3.63, 3.8) is 0 Å². The lowest BCUT2D eigenvalue weighted by Crippen LogP contribution is -1.96. The predicted octanol–water partition coefficient (Wildman–Crippen LogP) is 2.72. The Morgan fingerprint density at radius 1 is 1.33 bits per heavy atom. The van der Waals surface area contributed by atoms with Crippen LogP contribution in [0.3, 0.4) is 0 Å². The van der Waals surface area contributed by atoms with E-state index in [2.05, 4.69) is 0 Å². The van der Waals surface area contributed by atoms with Gasteiger partial charge >= 0.3 is 0 Å². The quantitative estimate of drug-likeness (QED) is 0.633. The Morgan fingerprint density at radius 3 is 2.33 bits per heavy atom. The highest BCUT2D eigenvalue weighted by atomic mass is 35.7. The molecule has 0 saturated carbocycles. The fourth-order valence-corrected chi connectivity index (χ4v) is 2.42. The Morgan fingerprint density at radius 2 is 1.93 bits per heavy atom. The number of hydrogen-bond acceptors (Lipinski definition) is 4. The lowest BCUT2D eigenvalue weighted by molar-refractivity contribution is 0.108. The molecule has 0 spiro atoms. The number of carbonyl (C=O) groups excluding carboxylic acids is 1. The Balaban J connectivity index is 3.43. The Bertz CT molecular complexity index is 497. The van der Waals surface area contributed by atoms with Crippen molar-refractivity contribution in [3.05, 3.63) is 23.8 Å². The van der Waals surface area contributed by atoms with Crippen LogP contribution in [0.25, 0.3) is 0 Å². The minimum atomic E-state index is -3.84. The molecule has 0 fully saturated rings. The van der Waals surface area contributed by atoms with Gasteiger partial charge in [-0.05, 0) is 36.1 Å². The SMILES string of the molecule is CSc1cc(C(=O)Cl)cc(S(=O)(=O)Cl)c1. The Hall–Kier alpha value is -0.230. The van der Waals surface area contributed by atoms with E-state index in [1.165, 1.54) is 23.9 Å². The molecule has 0 aromatic heterocycles. The standard InChI is InChI=1S/C8H6Cl2O3S2/c1-14-6-2-5(8(9)11)3-7(4-6)15(10,12)13/h2-4H,1H3. The van der Waals surface area contributed by atoms with Gasteiger partial charge in [0.25, 0.3) is 14.3 Å². The molecular weight excluding hydrogens is 279 g/mol. The van der Waals surface area contributed by atoms with Gasteiger partial charge in [-0.3, -0.25) is 4.79 Å². The summed E-state index contributed by atoms with van der Waals surface area (Å²) in [5.74, 6) is 0. The summed E-state index contributed by atoms with van der Waals surface area (Å²) in [5.41, 5.74) is 0.114. The first-order chi connectivity index (χ1) is 6.84. The number of carbonyl (C=O) groups is 1. The molecule has 0 amide bonds. The van der Waals surface area contributed by atoms with Crippen LogP contribution >= 0.6 is 34.0 Å². The first-order valence-corrected chi connectivity index (χ1v) is 7.59. The third-order valence-corrected chi connectivity index (χ3v) is 3.88. The molecule has 82 valence electrons. The van der Waals surface area contributed by atoms with Gasteiger partial charge in [-0.2, -0.15) is 0 Å². The molecule has 0 heterocycles. The zero-order valence-corrected chi connectivity index (χ0v) is 10.7. The van der Waals surface area contributed by atoms with Crippen LogP contribution in [-0.2, 0) is 9.05 Å². The molecule has 0 N–H and O–H groups in total. The summed E-state index contributed by atoms with van der Waals surface area (Å²) < 4.78 is 22.2. The third kappa shape index (κ3) is 3.38. The van der Waals surface area contributed by atoms with E-state index in [0.29, 0.717) is 4.90 Å². The summed E-state index contributed by atoms with van der Waals surface area (Å²) in [5, 5.41) is -0.715. The number of rotatable bonds is 3. The molecule has 15 heavy (non-hydrogen) atoms. The molecule has 1 aromatic rings. The van der Waals surface area contributed by atoms with E-state index >= 15 is 0 Å². The largest absolute Gasteiger partial charge is 0.276 e. The molecule has 0 radical (unpaired) electrons. The van der Waals surface area contributed by atoms with Crippen molar-refractivity contribution in [2.24, 2.45) is 0 Å². The van der Waals surface area contributed by atoms with E-state index < -0.39 is 14.3 Å². The molecule has 7 heteroatoms. The van der Waals surface area contributed by atoms with Gasteiger partial charge in [0.1, 0.15) is 0 Å². The molecule has 0 aliphatic heterocycles. The van der Waals surface area contributed by atoms with Gasteiger partial charge in [0.05, 0.1) is 4.90 Å². The molecule has 0 aliphatic carbocycles. The molecule has 1 aromatic carbocycles. The van der Waals surface area contributed by atoms with Crippen LogP contribution in [0.4, 0.5) is 0 Å². The Kier molecular flexibility index (Phi) is 4.06. The van der Waals surface area contributed by atoms with Crippen molar-refractivity contribution >= 4 is 48.3 Å². The average Bonchev–Trinajstić information content (AvgIpc) is 2.15. The summed E-state index contributed by atoms with van der Waals surface area (Å²) in [7, 11) is 1.33. The molecular formula is C8H6Cl2O3S2. The molecule has 0 bridgehead atoms. The summed E-state index contributed by atoms with van der Waals surface area (Å²) in [6.07, 6.45) is 1.75. The topological polar surface area (TPSA) is 51.2 Å². The minimum Gasteiger partial charge on any atom is -0.276 e. The van der Waals surface area contributed by atoms with E-state index in [-0.39, 0.29) is 10.5 Å². The minimum absolute atomic E-state index is 0.114. The van der Waals surface area contributed by atoms with Gasteiger partial charge in [-0.1, -0.05) is 0 Å². The Labute approximate surface area is 101 Å². The van der Waals surface area contributed by atoms with Crippen LogP contribution in [-0.4, -0.2) is 19.9 Å². The maximum absolute atomic E-state index is 11.1. The predicted molar refractivity (Wildman–Crippen MR) is 61.4 cm³/mol. The van der Waals surface area contributed by atoms with E-state index in [4.69, 9.17) is 22.3 Å². The van der Waals surface area contributed by atoms with E-state index in [1.807, 2.05) is 0 Å². The van der Waals surface area contributed by atoms with Crippen LogP contribution in [0, 0.1) is 0 Å². The van der Waals surface area contributed by atoms with Gasteiger partial charge < -0.3 is 0 Å². The van der Waals surface area contributed by atoms with Crippen molar-refractivity contribution in [3.8, 4) is 0 Å². The maximum Gasteiger partial charge on any atom is 0.261 e. The summed E-state index contributed by atoms with van der Waals surface area (Å²) in [6, 6.07) is 4.04. The van der Waals surface area contributed by atoms with E-state index in [1.54, 1.807) is 6.26 Å². The fraction of sp³-hybridized carbons (Fsp3) is 0.125. The van der Waals surface area contributed by atoms with Crippen LogP contribution in [0.2, 0.25) is 0 Å². The number of hydrogen-bond donors (Lipinski definition) is 0. The maximum atomic E-state index is 11.1. The lowest BCUT2D eigenvalue weighted by atomic mass is 10.2. The van der Waals surface area contributed by atoms with Crippen LogP contribution < -0.4 is 0 Å². The first-order valence-electron chi connectivity index (χ1n) is 3.68. The fourth-order valence-electron chi connectivity index (χ4n) is 0.944. The third-order valence-electron chi connectivity index (χ3n) is 1.62. The number of benzene rings is 1. The van der Waals surface area contributed by atoms with Crippen molar-refractivity contribution in [2.75, 3.05) is 6.26 Å². The second-order valence-electron chi connectivity index (χ2n) is 2.61. The lowest BCUT2D eigenvalue weighted by Gasteiger charge is -2.02. The smallest absolute Gasteiger partial charge is 0.261 e. The van der Waals surface area contributed by atoms with Gasteiger partial charge in [0, 0.05) is 21.1 Å². The van der Waals surface area contributed by atoms with Crippen molar-refractivity contribution in [2.45, 2.75) is 9.79 Å². The van der Waals surface area contributed by atoms with Crippen molar-refractivity contribution in [1.29, 1.82) is 0 Å². The van der Waals surface area contributed by atoms with Crippen LogP contribution in [0.15, 0.2) is 28.0 Å². The molecule has 1 rings (SSSR count). The molecule has 0 saturated heterocycles. The van der Waals surface area contributed by atoms with Crippen molar-refractivity contribution in [1.82, 2.24) is 0 Å². The summed E-state index contributed by atoms with van der Waals surface area (Å²) >= 11 is 6.56. The van der Waals surface area contributed by atoms with Gasteiger partial charge in [-0.25, -0.2) is 8.42 Å². The second kappa shape index (κ2) is 4.74. The summed E-state index contributed by atoms with van der Waals surface area (Å²) in [4.78, 5) is 11.4. The van der Waals surface area contributed by atoms with Gasteiger partial charge in [0.2, 0.25) is 0 Å². The highest BCUT2D eigenvalue weighted by molar-refractivity contribution is 8.13. The number of thioether (sulfide) groups is 1. The summed E-state index contributed by atoms with van der Waals surface area (Å²) in [6.45, 7) is 0. The average molecular weight is 285 g/mol. The van der Waals surface area contributed by atoms with Gasteiger partial charge in [-0.15, -0.1) is 11.8 Å². The molecule has 0 unspecified atom stereocenters.